The Morgan fingerprint density at radius 2 is 1.87 bits per heavy atom. The predicted molar refractivity (Wildman–Crippen MR) is 76.8 cm³/mol. The van der Waals surface area contributed by atoms with Gasteiger partial charge in [-0.3, -0.25) is 4.98 Å². The van der Waals surface area contributed by atoms with Crippen molar-refractivity contribution in [3.05, 3.63) is 47.2 Å². The molecule has 0 amide bonds. The molecule has 23 heavy (non-hydrogen) atoms. The normalized spacial score (nSPS) is 14.9. The molecule has 0 saturated carbocycles. The zero-order valence-electron chi connectivity index (χ0n) is 11.7. The average Bonchev–Trinajstić information content (AvgIpc) is 2.89. The molecule has 3 aromatic rings. The summed E-state index contributed by atoms with van der Waals surface area (Å²) in [5.41, 5.74) is -3.24. The minimum atomic E-state index is -5.03. The second-order valence-electron chi connectivity index (χ2n) is 5.06. The van der Waals surface area contributed by atoms with E-state index in [1.54, 1.807) is 6.07 Å². The van der Waals surface area contributed by atoms with Gasteiger partial charge in [0.15, 0.2) is 5.58 Å². The van der Waals surface area contributed by atoms with Gasteiger partial charge >= 0.3 is 6.18 Å². The second-order valence-corrected chi connectivity index (χ2v) is 5.46. The van der Waals surface area contributed by atoms with Crippen LogP contribution in [-0.4, -0.2) is 16.1 Å². The SMILES string of the molecule is CC(F)(c1ccc2oc(-c3ccncc3Cl)nc2c1)C(F)(F)F. The number of halogens is 5. The molecule has 0 aliphatic rings. The molecule has 2 heterocycles. The van der Waals surface area contributed by atoms with Crippen LogP contribution in [0.15, 0.2) is 41.1 Å². The zero-order chi connectivity index (χ0) is 16.8. The molecular weight excluding hydrogens is 336 g/mol. The second kappa shape index (κ2) is 5.19. The summed E-state index contributed by atoms with van der Waals surface area (Å²) in [6.45, 7) is 0.467. The van der Waals surface area contributed by atoms with Gasteiger partial charge in [-0.2, -0.15) is 13.2 Å². The van der Waals surface area contributed by atoms with Gasteiger partial charge < -0.3 is 4.42 Å². The summed E-state index contributed by atoms with van der Waals surface area (Å²) in [5.74, 6) is 0.122. The van der Waals surface area contributed by atoms with Crippen LogP contribution < -0.4 is 0 Å². The summed E-state index contributed by atoms with van der Waals surface area (Å²) in [5, 5.41) is 0.282. The number of oxazole rings is 1. The van der Waals surface area contributed by atoms with E-state index in [-0.39, 0.29) is 22.0 Å². The number of fused-ring (bicyclic) bond motifs is 1. The van der Waals surface area contributed by atoms with Gasteiger partial charge in [0.2, 0.25) is 11.6 Å². The molecule has 3 nitrogen and oxygen atoms in total. The first-order chi connectivity index (χ1) is 10.7. The van der Waals surface area contributed by atoms with Crippen LogP contribution in [0.5, 0.6) is 0 Å². The van der Waals surface area contributed by atoms with Crippen molar-refractivity contribution in [3.8, 4) is 11.5 Å². The minimum absolute atomic E-state index is 0.110. The summed E-state index contributed by atoms with van der Waals surface area (Å²) in [6.07, 6.45) is -2.16. The Bertz CT molecular complexity index is 873. The highest BCUT2D eigenvalue weighted by atomic mass is 35.5. The van der Waals surface area contributed by atoms with Crippen molar-refractivity contribution < 1.29 is 22.0 Å². The van der Waals surface area contributed by atoms with E-state index in [4.69, 9.17) is 16.0 Å². The van der Waals surface area contributed by atoms with Crippen LogP contribution in [-0.2, 0) is 5.67 Å². The fourth-order valence-corrected chi connectivity index (χ4v) is 2.25. The summed E-state index contributed by atoms with van der Waals surface area (Å²) in [6, 6.07) is 4.85. The molecule has 0 aliphatic carbocycles. The van der Waals surface area contributed by atoms with E-state index in [0.29, 0.717) is 12.5 Å². The van der Waals surface area contributed by atoms with Crippen LogP contribution in [0, 0.1) is 0 Å². The molecule has 0 saturated heterocycles. The lowest BCUT2D eigenvalue weighted by molar-refractivity contribution is -0.228. The Hall–Kier alpha value is -2.15. The van der Waals surface area contributed by atoms with Crippen molar-refractivity contribution in [1.29, 1.82) is 0 Å². The monoisotopic (exact) mass is 344 g/mol. The molecule has 0 N–H and O–H groups in total. The molecule has 0 spiro atoms. The number of hydrogen-bond donors (Lipinski definition) is 0. The Morgan fingerprint density at radius 1 is 1.13 bits per heavy atom. The fraction of sp³-hybridized carbons (Fsp3) is 0.200. The maximum Gasteiger partial charge on any atom is 0.426 e. The molecule has 1 atom stereocenters. The lowest BCUT2D eigenvalue weighted by atomic mass is 9.97. The van der Waals surface area contributed by atoms with Crippen molar-refractivity contribution in [1.82, 2.24) is 9.97 Å². The quantitative estimate of drug-likeness (QED) is 0.593. The number of rotatable bonds is 2. The summed E-state index contributed by atoms with van der Waals surface area (Å²) < 4.78 is 57.9. The molecule has 1 unspecified atom stereocenters. The van der Waals surface area contributed by atoms with Gasteiger partial charge in [0.25, 0.3) is 0 Å². The molecule has 120 valence electrons. The van der Waals surface area contributed by atoms with Crippen molar-refractivity contribution in [2.24, 2.45) is 0 Å². The van der Waals surface area contributed by atoms with Crippen LogP contribution >= 0.6 is 11.6 Å². The molecule has 0 fully saturated rings. The van der Waals surface area contributed by atoms with Gasteiger partial charge in [0, 0.05) is 18.0 Å². The number of alkyl halides is 4. The molecule has 1 aromatic carbocycles. The third-order valence-electron chi connectivity index (χ3n) is 3.46. The average molecular weight is 345 g/mol. The largest absolute Gasteiger partial charge is 0.436 e. The van der Waals surface area contributed by atoms with E-state index < -0.39 is 17.4 Å². The summed E-state index contributed by atoms with van der Waals surface area (Å²) >= 11 is 5.98. The Morgan fingerprint density at radius 3 is 2.52 bits per heavy atom. The van der Waals surface area contributed by atoms with E-state index in [9.17, 15) is 17.6 Å². The smallest absolute Gasteiger partial charge is 0.426 e. The molecule has 2 aromatic heterocycles. The number of benzene rings is 1. The van der Waals surface area contributed by atoms with E-state index >= 15 is 0 Å². The topological polar surface area (TPSA) is 38.9 Å². The van der Waals surface area contributed by atoms with Crippen LogP contribution in [0.25, 0.3) is 22.6 Å². The maximum absolute atomic E-state index is 14.0. The van der Waals surface area contributed by atoms with E-state index in [1.807, 2.05) is 0 Å². The standard InChI is InChI=1S/C15H9ClF4N2O/c1-14(17,15(18,19)20)8-2-3-12-11(6-8)22-13(23-12)9-4-5-21-7-10(9)16/h2-7H,1H3. The summed E-state index contributed by atoms with van der Waals surface area (Å²) in [7, 11) is 0. The Labute approximate surface area is 132 Å². The lowest BCUT2D eigenvalue weighted by Crippen LogP contribution is -2.34. The van der Waals surface area contributed by atoms with Gasteiger partial charge in [-0.15, -0.1) is 0 Å². The molecule has 0 aliphatic heterocycles. The number of pyridine rings is 1. The lowest BCUT2D eigenvalue weighted by Gasteiger charge is -2.23. The predicted octanol–water partition coefficient (Wildman–Crippen LogP) is 5.29. The van der Waals surface area contributed by atoms with E-state index in [2.05, 4.69) is 9.97 Å². The zero-order valence-corrected chi connectivity index (χ0v) is 12.4. The highest BCUT2D eigenvalue weighted by molar-refractivity contribution is 6.33. The van der Waals surface area contributed by atoms with Crippen LogP contribution in [0.2, 0.25) is 5.02 Å². The number of aromatic nitrogens is 2. The van der Waals surface area contributed by atoms with Crippen molar-refractivity contribution in [3.63, 3.8) is 0 Å². The highest BCUT2D eigenvalue weighted by Gasteiger charge is 2.53. The first kappa shape index (κ1) is 15.7. The van der Waals surface area contributed by atoms with Gasteiger partial charge in [-0.1, -0.05) is 17.7 Å². The fourth-order valence-electron chi connectivity index (χ4n) is 2.05. The van der Waals surface area contributed by atoms with Crippen LogP contribution in [0.3, 0.4) is 0 Å². The first-order valence-electron chi connectivity index (χ1n) is 6.47. The van der Waals surface area contributed by atoms with Crippen molar-refractivity contribution in [2.45, 2.75) is 18.8 Å². The highest BCUT2D eigenvalue weighted by Crippen LogP contribution is 2.43. The molecule has 0 radical (unpaired) electrons. The third-order valence-corrected chi connectivity index (χ3v) is 3.77. The van der Waals surface area contributed by atoms with Crippen molar-refractivity contribution in [2.75, 3.05) is 0 Å². The van der Waals surface area contributed by atoms with Crippen LogP contribution in [0.1, 0.15) is 12.5 Å². The Balaban J connectivity index is 2.11. The van der Waals surface area contributed by atoms with Gasteiger partial charge in [0.05, 0.1) is 10.6 Å². The van der Waals surface area contributed by atoms with Gasteiger partial charge in [-0.05, 0) is 25.1 Å². The van der Waals surface area contributed by atoms with Crippen LogP contribution in [0.4, 0.5) is 17.6 Å². The molecular formula is C15H9ClF4N2O. The first-order valence-corrected chi connectivity index (χ1v) is 6.84. The summed E-state index contributed by atoms with van der Waals surface area (Å²) in [4.78, 5) is 7.91. The Kier molecular flexibility index (Phi) is 3.55. The van der Waals surface area contributed by atoms with E-state index in [0.717, 1.165) is 12.1 Å². The molecule has 3 rings (SSSR count). The molecule has 8 heteroatoms. The van der Waals surface area contributed by atoms with Gasteiger partial charge in [-0.25, -0.2) is 9.37 Å². The van der Waals surface area contributed by atoms with Crippen molar-refractivity contribution >= 4 is 22.7 Å². The van der Waals surface area contributed by atoms with E-state index in [1.165, 1.54) is 18.5 Å². The molecule has 0 bridgehead atoms. The number of hydrogen-bond acceptors (Lipinski definition) is 3. The maximum atomic E-state index is 14.0. The minimum Gasteiger partial charge on any atom is -0.436 e. The van der Waals surface area contributed by atoms with Gasteiger partial charge in [0.1, 0.15) is 5.52 Å². The number of nitrogens with zero attached hydrogens (tertiary/aromatic N) is 2. The third kappa shape index (κ3) is 2.65.